The van der Waals surface area contributed by atoms with E-state index in [0.717, 1.165) is 46.7 Å². The van der Waals surface area contributed by atoms with Gasteiger partial charge >= 0.3 is 0 Å². The van der Waals surface area contributed by atoms with Crippen molar-refractivity contribution in [3.63, 3.8) is 0 Å². The first-order valence-electron chi connectivity index (χ1n) is 8.95. The summed E-state index contributed by atoms with van der Waals surface area (Å²) in [7, 11) is 1.66. The summed E-state index contributed by atoms with van der Waals surface area (Å²) in [6.45, 7) is 6.98. The van der Waals surface area contributed by atoms with E-state index >= 15 is 0 Å². The van der Waals surface area contributed by atoms with Gasteiger partial charge < -0.3 is 19.5 Å². The van der Waals surface area contributed by atoms with Crippen LogP contribution in [0.1, 0.15) is 31.4 Å². The van der Waals surface area contributed by atoms with Crippen molar-refractivity contribution in [3.05, 3.63) is 58.1 Å². The molecule has 1 N–H and O–H groups in total. The molecule has 0 unspecified atom stereocenters. The van der Waals surface area contributed by atoms with Crippen molar-refractivity contribution in [2.75, 3.05) is 20.3 Å². The lowest BCUT2D eigenvalue weighted by Crippen LogP contribution is -2.18. The monoisotopic (exact) mass is 421 g/mol. The molecule has 0 spiro atoms. The Morgan fingerprint density at radius 2 is 1.88 bits per heavy atom. The molecule has 0 fully saturated rings. The molecule has 0 aliphatic rings. The molecule has 0 aliphatic carbocycles. The van der Waals surface area contributed by atoms with E-state index in [2.05, 4.69) is 53.3 Å². The molecule has 0 saturated heterocycles. The van der Waals surface area contributed by atoms with Crippen molar-refractivity contribution >= 4 is 15.9 Å². The summed E-state index contributed by atoms with van der Waals surface area (Å²) in [6, 6.07) is 14.1. The lowest BCUT2D eigenvalue weighted by atomic mass is 10.1. The van der Waals surface area contributed by atoms with Crippen LogP contribution in [0, 0.1) is 0 Å². The molecule has 0 bridgehead atoms. The van der Waals surface area contributed by atoms with E-state index in [4.69, 9.17) is 14.2 Å². The number of hydrogen-bond acceptors (Lipinski definition) is 4. The van der Waals surface area contributed by atoms with Crippen molar-refractivity contribution in [2.24, 2.45) is 0 Å². The summed E-state index contributed by atoms with van der Waals surface area (Å²) in [5.41, 5.74) is 2.19. The smallest absolute Gasteiger partial charge is 0.166 e. The molecule has 0 aromatic heterocycles. The van der Waals surface area contributed by atoms with E-state index in [1.165, 1.54) is 0 Å². The predicted octanol–water partition coefficient (Wildman–Crippen LogP) is 4.94. The predicted molar refractivity (Wildman–Crippen MR) is 109 cm³/mol. The first kappa shape index (κ1) is 20.7. The molecule has 2 aromatic carbocycles. The highest BCUT2D eigenvalue weighted by Gasteiger charge is 2.13. The third kappa shape index (κ3) is 6.98. The fourth-order valence-corrected chi connectivity index (χ4v) is 3.02. The number of benzene rings is 2. The normalized spacial score (nSPS) is 11.0. The minimum atomic E-state index is 0.280. The molecule has 0 heterocycles. The fraction of sp³-hybridized carbons (Fsp3) is 0.429. The quantitative estimate of drug-likeness (QED) is 0.521. The van der Waals surface area contributed by atoms with Crippen molar-refractivity contribution < 1.29 is 14.2 Å². The van der Waals surface area contributed by atoms with Crippen LogP contribution in [0.3, 0.4) is 0 Å². The molecule has 0 saturated carbocycles. The number of methoxy groups -OCH3 is 1. The van der Waals surface area contributed by atoms with E-state index in [-0.39, 0.29) is 6.10 Å². The highest BCUT2D eigenvalue weighted by atomic mass is 79.9. The SMILES string of the molecule is COc1cc(Br)cc(CNCCCOC(C)C)c1OCc1ccccc1. The van der Waals surface area contributed by atoms with Gasteiger partial charge in [-0.15, -0.1) is 0 Å². The maximum absolute atomic E-state index is 6.10. The third-order valence-corrected chi connectivity index (χ3v) is 4.26. The number of ether oxygens (including phenoxy) is 3. The van der Waals surface area contributed by atoms with Crippen LogP contribution in [0.5, 0.6) is 11.5 Å². The molecule has 4 nitrogen and oxygen atoms in total. The topological polar surface area (TPSA) is 39.7 Å². The molecular formula is C21H28BrNO3. The van der Waals surface area contributed by atoms with Crippen LogP contribution in [0.15, 0.2) is 46.9 Å². The van der Waals surface area contributed by atoms with E-state index in [0.29, 0.717) is 13.2 Å². The van der Waals surface area contributed by atoms with Gasteiger partial charge in [0.1, 0.15) is 6.61 Å². The molecule has 0 aliphatic heterocycles. The zero-order valence-electron chi connectivity index (χ0n) is 15.8. The first-order chi connectivity index (χ1) is 12.6. The molecule has 0 amide bonds. The first-order valence-corrected chi connectivity index (χ1v) is 9.75. The molecule has 5 heteroatoms. The van der Waals surface area contributed by atoms with Gasteiger partial charge in [-0.3, -0.25) is 0 Å². The molecule has 142 valence electrons. The Kier molecular flexibility index (Phi) is 8.95. The van der Waals surface area contributed by atoms with Crippen molar-refractivity contribution in [2.45, 2.75) is 39.5 Å². The Morgan fingerprint density at radius 1 is 1.12 bits per heavy atom. The maximum atomic E-state index is 6.10. The Labute approximate surface area is 165 Å². The fourth-order valence-electron chi connectivity index (χ4n) is 2.54. The van der Waals surface area contributed by atoms with Crippen LogP contribution in [0.4, 0.5) is 0 Å². The highest BCUT2D eigenvalue weighted by Crippen LogP contribution is 2.35. The second-order valence-electron chi connectivity index (χ2n) is 6.32. The van der Waals surface area contributed by atoms with Gasteiger partial charge in [0.2, 0.25) is 0 Å². The number of nitrogens with one attached hydrogen (secondary N) is 1. The largest absolute Gasteiger partial charge is 0.493 e. The zero-order valence-corrected chi connectivity index (χ0v) is 17.3. The van der Waals surface area contributed by atoms with Crippen molar-refractivity contribution in [1.29, 1.82) is 0 Å². The van der Waals surface area contributed by atoms with Gasteiger partial charge in [-0.25, -0.2) is 0 Å². The van der Waals surface area contributed by atoms with Gasteiger partial charge in [-0.2, -0.15) is 0 Å². The van der Waals surface area contributed by atoms with Crippen LogP contribution in [0.25, 0.3) is 0 Å². The summed E-state index contributed by atoms with van der Waals surface area (Å²) in [5.74, 6) is 1.51. The van der Waals surface area contributed by atoms with E-state index < -0.39 is 0 Å². The average Bonchev–Trinajstić information content (AvgIpc) is 2.63. The molecule has 2 rings (SSSR count). The van der Waals surface area contributed by atoms with Gasteiger partial charge in [0.05, 0.1) is 13.2 Å². The number of halogens is 1. The van der Waals surface area contributed by atoms with Crippen LogP contribution in [-0.4, -0.2) is 26.4 Å². The van der Waals surface area contributed by atoms with Crippen LogP contribution < -0.4 is 14.8 Å². The molecule has 0 atom stereocenters. The van der Waals surface area contributed by atoms with Gasteiger partial charge in [-0.05, 0) is 44.5 Å². The van der Waals surface area contributed by atoms with Crippen LogP contribution >= 0.6 is 15.9 Å². The maximum Gasteiger partial charge on any atom is 0.166 e. The molecule has 2 aromatic rings. The lowest BCUT2D eigenvalue weighted by Gasteiger charge is -2.17. The van der Waals surface area contributed by atoms with E-state index in [9.17, 15) is 0 Å². The van der Waals surface area contributed by atoms with Gasteiger partial charge in [0, 0.05) is 23.2 Å². The standard InChI is InChI=1S/C21H28BrNO3/c1-16(2)25-11-7-10-23-14-18-12-19(22)13-20(24-3)21(18)26-15-17-8-5-4-6-9-17/h4-6,8-9,12-13,16,23H,7,10-11,14-15H2,1-3H3. The Hall–Kier alpha value is -1.56. The Balaban J connectivity index is 1.98. The summed E-state index contributed by atoms with van der Waals surface area (Å²) in [4.78, 5) is 0. The second-order valence-corrected chi connectivity index (χ2v) is 7.24. The van der Waals surface area contributed by atoms with Crippen molar-refractivity contribution in [3.8, 4) is 11.5 Å². The summed E-state index contributed by atoms with van der Waals surface area (Å²) < 4.78 is 18.2. The van der Waals surface area contributed by atoms with Crippen LogP contribution in [-0.2, 0) is 17.9 Å². The highest BCUT2D eigenvalue weighted by molar-refractivity contribution is 9.10. The minimum absolute atomic E-state index is 0.280. The number of hydrogen-bond donors (Lipinski definition) is 1. The Bertz CT molecular complexity index is 662. The summed E-state index contributed by atoms with van der Waals surface area (Å²) in [6.07, 6.45) is 1.26. The van der Waals surface area contributed by atoms with Gasteiger partial charge in [-0.1, -0.05) is 46.3 Å². The lowest BCUT2D eigenvalue weighted by molar-refractivity contribution is 0.0770. The van der Waals surface area contributed by atoms with Gasteiger partial charge in [0.25, 0.3) is 0 Å². The van der Waals surface area contributed by atoms with Gasteiger partial charge in [0.15, 0.2) is 11.5 Å². The Morgan fingerprint density at radius 3 is 2.58 bits per heavy atom. The van der Waals surface area contributed by atoms with E-state index in [1.807, 2.05) is 24.3 Å². The third-order valence-electron chi connectivity index (χ3n) is 3.81. The molecule has 26 heavy (non-hydrogen) atoms. The zero-order chi connectivity index (χ0) is 18.8. The molecule has 0 radical (unpaired) electrons. The second kappa shape index (κ2) is 11.2. The van der Waals surface area contributed by atoms with Crippen LogP contribution in [0.2, 0.25) is 0 Å². The summed E-state index contributed by atoms with van der Waals surface area (Å²) in [5, 5.41) is 3.46. The number of rotatable bonds is 11. The molecular weight excluding hydrogens is 394 g/mol. The summed E-state index contributed by atoms with van der Waals surface area (Å²) >= 11 is 3.55. The average molecular weight is 422 g/mol. The minimum Gasteiger partial charge on any atom is -0.493 e. The van der Waals surface area contributed by atoms with E-state index in [1.54, 1.807) is 7.11 Å². The van der Waals surface area contributed by atoms with Crippen molar-refractivity contribution in [1.82, 2.24) is 5.32 Å².